The summed E-state index contributed by atoms with van der Waals surface area (Å²) in [6, 6.07) is 10.4. The topological polar surface area (TPSA) is 86.7 Å². The van der Waals surface area contributed by atoms with Crippen molar-refractivity contribution in [2.24, 2.45) is 0 Å². The van der Waals surface area contributed by atoms with Gasteiger partial charge in [-0.05, 0) is 36.6 Å². The van der Waals surface area contributed by atoms with E-state index in [0.29, 0.717) is 5.75 Å². The standard InChI is InChI=1S/C26H38O5S.K/c1-2-3-4-5-6-7-8-9-10-11-12-13-15-22-18-19-23(27)20-26(22)31-24-16-14-17-25(21-24)32(28,29)30;/h14,16-21,27H,2-13,15H2,1H3,(H,28,29,30);/q;+1/p-1. The molecule has 2 aromatic carbocycles. The molecule has 0 aliphatic rings. The third-order valence-corrected chi connectivity index (χ3v) is 6.52. The van der Waals surface area contributed by atoms with E-state index in [9.17, 15) is 18.1 Å². The van der Waals surface area contributed by atoms with E-state index in [-0.39, 0.29) is 67.8 Å². The van der Waals surface area contributed by atoms with E-state index in [1.807, 2.05) is 0 Å². The number of hydrogen-bond donors (Lipinski definition) is 1. The molecule has 2 aromatic rings. The van der Waals surface area contributed by atoms with Crippen molar-refractivity contribution in [2.75, 3.05) is 0 Å². The molecule has 0 aromatic heterocycles. The fourth-order valence-electron chi connectivity index (χ4n) is 3.82. The van der Waals surface area contributed by atoms with Crippen molar-refractivity contribution in [2.45, 2.75) is 95.3 Å². The molecule has 178 valence electrons. The Morgan fingerprint density at radius 2 is 1.39 bits per heavy atom. The summed E-state index contributed by atoms with van der Waals surface area (Å²) < 4.78 is 37.7. The monoisotopic (exact) mass is 500 g/mol. The molecule has 0 atom stereocenters. The third-order valence-electron chi connectivity index (χ3n) is 5.67. The number of benzene rings is 2. The summed E-state index contributed by atoms with van der Waals surface area (Å²) >= 11 is 0. The molecule has 33 heavy (non-hydrogen) atoms. The van der Waals surface area contributed by atoms with E-state index in [1.54, 1.807) is 12.1 Å². The summed E-state index contributed by atoms with van der Waals surface area (Å²) in [5.41, 5.74) is 0.925. The van der Waals surface area contributed by atoms with Gasteiger partial charge < -0.3 is 9.84 Å². The minimum atomic E-state index is -4.31. The van der Waals surface area contributed by atoms with Crippen LogP contribution in [0.3, 0.4) is 0 Å². The van der Waals surface area contributed by atoms with Gasteiger partial charge in [0.25, 0.3) is 10.1 Å². The largest absolute Gasteiger partial charge is 1.00 e. The Morgan fingerprint density at radius 1 is 0.818 bits per heavy atom. The third kappa shape index (κ3) is 12.7. The van der Waals surface area contributed by atoms with Crippen LogP contribution in [0.2, 0.25) is 0 Å². The van der Waals surface area contributed by atoms with Crippen molar-refractivity contribution >= 4 is 10.1 Å². The van der Waals surface area contributed by atoms with Gasteiger partial charge in [-0.25, -0.2) is 0 Å². The first-order chi connectivity index (χ1) is 15.4. The first kappa shape index (κ1) is 30.6. The number of aryl methyl sites for hydroxylation is 1. The van der Waals surface area contributed by atoms with Gasteiger partial charge >= 0.3 is 51.4 Å². The predicted molar refractivity (Wildman–Crippen MR) is 127 cm³/mol. The molecule has 5 nitrogen and oxygen atoms in total. The molecule has 0 fully saturated rings. The molecule has 7 heteroatoms. The molecule has 0 radical (unpaired) electrons. The molecule has 0 aliphatic heterocycles. The zero-order valence-electron chi connectivity index (χ0n) is 20.2. The Kier molecular flexibility index (Phi) is 15.9. The Morgan fingerprint density at radius 3 is 1.97 bits per heavy atom. The fraction of sp³-hybridized carbons (Fsp3) is 0.538. The van der Waals surface area contributed by atoms with Crippen LogP contribution in [0.1, 0.15) is 89.5 Å². The van der Waals surface area contributed by atoms with Crippen LogP contribution in [0.4, 0.5) is 0 Å². The Balaban J connectivity index is 0.00000544. The van der Waals surface area contributed by atoms with Gasteiger partial charge in [0, 0.05) is 6.07 Å². The normalized spacial score (nSPS) is 11.2. The zero-order chi connectivity index (χ0) is 23.2. The molecular weight excluding hydrogens is 463 g/mol. The summed E-state index contributed by atoms with van der Waals surface area (Å²) in [6.45, 7) is 2.25. The maximum atomic E-state index is 11.8. The Labute approximate surface area is 242 Å². The molecular formula is C26H37KO5S. The van der Waals surface area contributed by atoms with E-state index in [4.69, 9.17) is 4.74 Å². The molecule has 1 N–H and O–H groups in total. The average molecular weight is 501 g/mol. The van der Waals surface area contributed by atoms with Gasteiger partial charge in [-0.2, -0.15) is 8.42 Å². The Bertz CT molecular complexity index is 915. The van der Waals surface area contributed by atoms with Crippen molar-refractivity contribution in [1.82, 2.24) is 0 Å². The smallest absolute Gasteiger partial charge is 0.872 e. The SMILES string of the molecule is CCCCCCCCCCCCCCc1ccc([O-])cc1Oc1cccc(S(=O)(=O)O)c1.[K+]. The summed E-state index contributed by atoms with van der Waals surface area (Å²) in [5, 5.41) is 11.8. The van der Waals surface area contributed by atoms with Crippen LogP contribution in [0.15, 0.2) is 47.4 Å². The summed E-state index contributed by atoms with van der Waals surface area (Å²) in [6.07, 6.45) is 16.2. The van der Waals surface area contributed by atoms with Gasteiger partial charge in [0.15, 0.2) is 0 Å². The van der Waals surface area contributed by atoms with Crippen LogP contribution < -0.4 is 61.2 Å². The molecule has 0 amide bonds. The van der Waals surface area contributed by atoms with Crippen LogP contribution in [0.25, 0.3) is 0 Å². The number of unbranched alkanes of at least 4 members (excludes halogenated alkanes) is 11. The first-order valence-electron chi connectivity index (χ1n) is 12.0. The van der Waals surface area contributed by atoms with Crippen LogP contribution in [0, 0.1) is 0 Å². The molecule has 0 spiro atoms. The summed E-state index contributed by atoms with van der Waals surface area (Å²) in [7, 11) is -4.31. The fourth-order valence-corrected chi connectivity index (χ4v) is 4.33. The van der Waals surface area contributed by atoms with E-state index in [0.717, 1.165) is 24.8 Å². The van der Waals surface area contributed by atoms with Crippen LogP contribution in [-0.2, 0) is 16.5 Å². The number of hydrogen-bond acceptors (Lipinski definition) is 4. The van der Waals surface area contributed by atoms with Gasteiger partial charge in [0.2, 0.25) is 0 Å². The Hall–Kier alpha value is -0.414. The van der Waals surface area contributed by atoms with Gasteiger partial charge in [-0.3, -0.25) is 4.55 Å². The minimum Gasteiger partial charge on any atom is -0.872 e. The maximum Gasteiger partial charge on any atom is 1.00 e. The molecule has 0 aliphatic carbocycles. The summed E-state index contributed by atoms with van der Waals surface area (Å²) in [4.78, 5) is -0.240. The van der Waals surface area contributed by atoms with Crippen LogP contribution in [-0.4, -0.2) is 13.0 Å². The second-order valence-electron chi connectivity index (χ2n) is 8.46. The molecule has 2 rings (SSSR count). The van der Waals surface area contributed by atoms with E-state index in [1.165, 1.54) is 94.5 Å². The van der Waals surface area contributed by atoms with E-state index < -0.39 is 10.1 Å². The predicted octanol–water partition coefficient (Wildman–Crippen LogP) is 4.05. The van der Waals surface area contributed by atoms with Crippen molar-refractivity contribution in [3.05, 3.63) is 48.0 Å². The van der Waals surface area contributed by atoms with Crippen LogP contribution >= 0.6 is 0 Å². The van der Waals surface area contributed by atoms with E-state index >= 15 is 0 Å². The molecule has 0 bridgehead atoms. The van der Waals surface area contributed by atoms with Gasteiger partial charge in [-0.1, -0.05) is 95.8 Å². The average Bonchev–Trinajstić information content (AvgIpc) is 2.75. The van der Waals surface area contributed by atoms with E-state index in [2.05, 4.69) is 6.92 Å². The quantitative estimate of drug-likeness (QED) is 0.213. The van der Waals surface area contributed by atoms with Gasteiger partial charge in [-0.15, -0.1) is 5.75 Å². The first-order valence-corrected chi connectivity index (χ1v) is 13.4. The van der Waals surface area contributed by atoms with Crippen LogP contribution in [0.5, 0.6) is 17.2 Å². The van der Waals surface area contributed by atoms with Gasteiger partial charge in [0.1, 0.15) is 11.5 Å². The molecule has 0 unspecified atom stereocenters. The maximum absolute atomic E-state index is 11.8. The zero-order valence-corrected chi connectivity index (χ0v) is 24.2. The minimum absolute atomic E-state index is 0. The second kappa shape index (κ2) is 17.1. The molecule has 0 saturated carbocycles. The molecule has 0 heterocycles. The van der Waals surface area contributed by atoms with Crippen molar-refractivity contribution in [3.8, 4) is 17.2 Å². The van der Waals surface area contributed by atoms with Crippen molar-refractivity contribution in [3.63, 3.8) is 0 Å². The van der Waals surface area contributed by atoms with Gasteiger partial charge in [0.05, 0.1) is 4.90 Å². The van der Waals surface area contributed by atoms with Crippen molar-refractivity contribution in [1.29, 1.82) is 0 Å². The van der Waals surface area contributed by atoms with Crippen molar-refractivity contribution < 1.29 is 74.2 Å². The number of ether oxygens (including phenoxy) is 1. The summed E-state index contributed by atoms with van der Waals surface area (Å²) in [5.74, 6) is 0.541. The number of rotatable bonds is 16. The molecule has 0 saturated heterocycles. The second-order valence-corrected chi connectivity index (χ2v) is 9.88.